The minimum atomic E-state index is -0.970. The lowest BCUT2D eigenvalue weighted by Gasteiger charge is -2.23. The second kappa shape index (κ2) is 7.54. The molecule has 0 unspecified atom stereocenters. The molecular formula is C20H18N2O3S. The predicted molar refractivity (Wildman–Crippen MR) is 101 cm³/mol. The molecule has 1 amide bonds. The Bertz CT molecular complexity index is 909. The Balaban J connectivity index is 1.91. The third-order valence-corrected chi connectivity index (χ3v) is 5.60. The van der Waals surface area contributed by atoms with Crippen molar-refractivity contribution in [2.24, 2.45) is 11.8 Å². The van der Waals surface area contributed by atoms with Crippen molar-refractivity contribution in [1.82, 2.24) is 0 Å². The van der Waals surface area contributed by atoms with Gasteiger partial charge in [0, 0.05) is 10.4 Å². The largest absolute Gasteiger partial charge is 0.481 e. The van der Waals surface area contributed by atoms with Crippen LogP contribution in [0, 0.1) is 30.1 Å². The Labute approximate surface area is 155 Å². The maximum absolute atomic E-state index is 12.7. The second-order valence-corrected chi connectivity index (χ2v) is 7.42. The number of amides is 1. The lowest BCUT2D eigenvalue weighted by atomic mass is 9.82. The van der Waals surface area contributed by atoms with E-state index in [1.165, 1.54) is 11.3 Å². The molecule has 5 nitrogen and oxygen atoms in total. The zero-order valence-corrected chi connectivity index (χ0v) is 15.0. The highest BCUT2D eigenvalue weighted by atomic mass is 32.1. The van der Waals surface area contributed by atoms with Crippen molar-refractivity contribution in [2.45, 2.75) is 19.8 Å². The molecule has 0 saturated heterocycles. The molecule has 0 fully saturated rings. The Morgan fingerprint density at radius 1 is 1.19 bits per heavy atom. The normalized spacial score (nSPS) is 18.9. The van der Waals surface area contributed by atoms with Crippen LogP contribution in [-0.4, -0.2) is 17.0 Å². The van der Waals surface area contributed by atoms with Crippen LogP contribution in [-0.2, 0) is 9.59 Å². The fourth-order valence-corrected chi connectivity index (χ4v) is 4.30. The van der Waals surface area contributed by atoms with Crippen molar-refractivity contribution in [2.75, 3.05) is 5.32 Å². The summed E-state index contributed by atoms with van der Waals surface area (Å²) < 4.78 is 0. The van der Waals surface area contributed by atoms with E-state index < -0.39 is 17.8 Å². The first-order valence-electron chi connectivity index (χ1n) is 8.30. The van der Waals surface area contributed by atoms with E-state index in [0.717, 1.165) is 16.0 Å². The number of carboxylic acids is 1. The van der Waals surface area contributed by atoms with Crippen LogP contribution in [0.3, 0.4) is 0 Å². The summed E-state index contributed by atoms with van der Waals surface area (Å²) in [7, 11) is 0. The molecule has 2 aromatic rings. The molecule has 1 aliphatic rings. The van der Waals surface area contributed by atoms with Gasteiger partial charge in [-0.15, -0.1) is 11.3 Å². The number of anilines is 1. The van der Waals surface area contributed by atoms with Gasteiger partial charge >= 0.3 is 5.97 Å². The fraction of sp³-hybridized carbons (Fsp3) is 0.250. The highest BCUT2D eigenvalue weighted by Crippen LogP contribution is 2.40. The van der Waals surface area contributed by atoms with E-state index in [4.69, 9.17) is 0 Å². The number of aliphatic carboxylic acids is 1. The van der Waals surface area contributed by atoms with Gasteiger partial charge in [0.05, 0.1) is 17.4 Å². The van der Waals surface area contributed by atoms with Gasteiger partial charge in [0.25, 0.3) is 0 Å². The van der Waals surface area contributed by atoms with Crippen molar-refractivity contribution in [3.05, 3.63) is 52.9 Å². The minimum Gasteiger partial charge on any atom is -0.481 e. The number of carboxylic acid groups (broad SMARTS) is 1. The third kappa shape index (κ3) is 3.39. The van der Waals surface area contributed by atoms with Crippen LogP contribution in [0.1, 0.15) is 23.3 Å². The average molecular weight is 366 g/mol. The van der Waals surface area contributed by atoms with E-state index in [1.54, 1.807) is 6.08 Å². The molecule has 6 heteroatoms. The first kappa shape index (κ1) is 17.9. The summed E-state index contributed by atoms with van der Waals surface area (Å²) in [6, 6.07) is 11.7. The van der Waals surface area contributed by atoms with E-state index in [0.29, 0.717) is 23.4 Å². The van der Waals surface area contributed by atoms with Crippen LogP contribution >= 0.6 is 11.3 Å². The van der Waals surface area contributed by atoms with Crippen LogP contribution in [0.4, 0.5) is 5.00 Å². The molecule has 3 rings (SSSR count). The molecule has 0 spiro atoms. The Morgan fingerprint density at radius 3 is 2.46 bits per heavy atom. The van der Waals surface area contributed by atoms with Crippen LogP contribution in [0.15, 0.2) is 42.5 Å². The SMILES string of the molecule is Cc1sc(NC(=O)[C@H]2CC=CC[C@H]2C(=O)O)c(C#N)c1-c1ccccc1. The number of thiophene rings is 1. The second-order valence-electron chi connectivity index (χ2n) is 6.20. The lowest BCUT2D eigenvalue weighted by Crippen LogP contribution is -2.34. The molecule has 0 radical (unpaired) electrons. The third-order valence-electron chi connectivity index (χ3n) is 4.58. The van der Waals surface area contributed by atoms with Gasteiger partial charge in [-0.05, 0) is 25.3 Å². The summed E-state index contributed by atoms with van der Waals surface area (Å²) in [5.41, 5.74) is 2.15. The quantitative estimate of drug-likeness (QED) is 0.794. The number of allylic oxidation sites excluding steroid dienone is 2. The van der Waals surface area contributed by atoms with Gasteiger partial charge in [-0.2, -0.15) is 5.26 Å². The summed E-state index contributed by atoms with van der Waals surface area (Å²) in [6.45, 7) is 1.91. The summed E-state index contributed by atoms with van der Waals surface area (Å²) >= 11 is 1.34. The van der Waals surface area contributed by atoms with E-state index in [2.05, 4.69) is 11.4 Å². The minimum absolute atomic E-state index is 0.345. The number of hydrogen-bond acceptors (Lipinski definition) is 4. The number of nitrogens with one attached hydrogen (secondary N) is 1. The number of aryl methyl sites for hydroxylation is 1. The molecular weight excluding hydrogens is 348 g/mol. The van der Waals surface area contributed by atoms with Crippen LogP contribution in [0.5, 0.6) is 0 Å². The number of rotatable bonds is 4. The molecule has 132 valence electrons. The van der Waals surface area contributed by atoms with Crippen molar-refractivity contribution in [3.63, 3.8) is 0 Å². The Kier molecular flexibility index (Phi) is 5.19. The molecule has 2 N–H and O–H groups in total. The number of carbonyl (C=O) groups is 2. The Morgan fingerprint density at radius 2 is 1.85 bits per heavy atom. The van der Waals surface area contributed by atoms with Crippen LogP contribution < -0.4 is 5.32 Å². The molecule has 26 heavy (non-hydrogen) atoms. The molecule has 0 saturated carbocycles. The predicted octanol–water partition coefficient (Wildman–Crippen LogP) is 4.20. The summed E-state index contributed by atoms with van der Waals surface area (Å²) in [4.78, 5) is 25.1. The number of carbonyl (C=O) groups excluding carboxylic acids is 1. The van der Waals surface area contributed by atoms with Crippen LogP contribution in [0.25, 0.3) is 11.1 Å². The van der Waals surface area contributed by atoms with Gasteiger partial charge < -0.3 is 10.4 Å². The molecule has 0 bridgehead atoms. The summed E-state index contributed by atoms with van der Waals surface area (Å²) in [6.07, 6.45) is 4.37. The average Bonchev–Trinajstić information content (AvgIpc) is 2.97. The molecule has 1 aliphatic carbocycles. The van der Waals surface area contributed by atoms with Gasteiger partial charge in [0.1, 0.15) is 11.1 Å². The van der Waals surface area contributed by atoms with Gasteiger partial charge in [0.15, 0.2) is 0 Å². The highest BCUT2D eigenvalue weighted by Gasteiger charge is 2.34. The highest BCUT2D eigenvalue weighted by molar-refractivity contribution is 7.17. The van der Waals surface area contributed by atoms with E-state index in [-0.39, 0.29) is 5.91 Å². The van der Waals surface area contributed by atoms with Gasteiger partial charge in [-0.1, -0.05) is 42.5 Å². The van der Waals surface area contributed by atoms with Crippen molar-refractivity contribution in [3.8, 4) is 17.2 Å². The van der Waals surface area contributed by atoms with Crippen molar-refractivity contribution in [1.29, 1.82) is 5.26 Å². The molecule has 1 aromatic carbocycles. The fourth-order valence-electron chi connectivity index (χ4n) is 3.27. The molecule has 0 aliphatic heterocycles. The maximum atomic E-state index is 12.7. The van der Waals surface area contributed by atoms with Crippen molar-refractivity contribution >= 4 is 28.2 Å². The van der Waals surface area contributed by atoms with Crippen molar-refractivity contribution < 1.29 is 14.7 Å². The topological polar surface area (TPSA) is 90.2 Å². The standard InChI is InChI=1S/C20H18N2O3S/c1-12-17(13-7-3-2-4-8-13)16(11-21)19(26-12)22-18(23)14-9-5-6-10-15(14)20(24)25/h2-8,14-15H,9-10H2,1H3,(H,22,23)(H,24,25)/t14-,15+/m0/s1. The summed E-state index contributed by atoms with van der Waals surface area (Å²) in [5, 5.41) is 22.3. The first-order chi connectivity index (χ1) is 12.5. The molecule has 1 heterocycles. The summed E-state index contributed by atoms with van der Waals surface area (Å²) in [5.74, 6) is -2.69. The molecule has 2 atom stereocenters. The number of benzene rings is 1. The maximum Gasteiger partial charge on any atom is 0.307 e. The zero-order chi connectivity index (χ0) is 18.7. The van der Waals surface area contributed by atoms with Gasteiger partial charge in [-0.25, -0.2) is 0 Å². The lowest BCUT2D eigenvalue weighted by molar-refractivity contribution is -0.146. The molecule has 1 aromatic heterocycles. The zero-order valence-electron chi connectivity index (χ0n) is 14.2. The number of nitriles is 1. The van der Waals surface area contributed by atoms with Gasteiger partial charge in [0.2, 0.25) is 5.91 Å². The van der Waals surface area contributed by atoms with E-state index >= 15 is 0 Å². The number of hydrogen-bond donors (Lipinski definition) is 2. The smallest absolute Gasteiger partial charge is 0.307 e. The monoisotopic (exact) mass is 366 g/mol. The van der Waals surface area contributed by atoms with E-state index in [1.807, 2.05) is 43.3 Å². The number of nitrogens with zero attached hydrogens (tertiary/aromatic N) is 1. The Hall–Kier alpha value is -2.91. The first-order valence-corrected chi connectivity index (χ1v) is 9.12. The van der Waals surface area contributed by atoms with Crippen LogP contribution in [0.2, 0.25) is 0 Å². The van der Waals surface area contributed by atoms with Gasteiger partial charge in [-0.3, -0.25) is 9.59 Å². The van der Waals surface area contributed by atoms with E-state index in [9.17, 15) is 20.0 Å².